The molecule has 0 aliphatic carbocycles. The maximum absolute atomic E-state index is 12.2. The zero-order valence-electron chi connectivity index (χ0n) is 12.6. The molecule has 2 rings (SSSR count). The number of rotatable bonds is 5. The number of nitrogens with zero attached hydrogens (tertiary/aromatic N) is 4. The number of carbonyl (C=O) groups excluding carboxylic acids is 1. The van der Waals surface area contributed by atoms with Crippen molar-refractivity contribution in [3.05, 3.63) is 29.8 Å². The highest BCUT2D eigenvalue weighted by Gasteiger charge is 2.19. The summed E-state index contributed by atoms with van der Waals surface area (Å²) in [5.74, 6) is -0.0658. The average Bonchev–Trinajstić information content (AvgIpc) is 2.87. The number of benzene rings is 1. The Morgan fingerprint density at radius 3 is 2.76 bits per heavy atom. The molecule has 0 aliphatic rings. The van der Waals surface area contributed by atoms with Crippen LogP contribution in [0.4, 0.5) is 5.69 Å². The van der Waals surface area contributed by atoms with Gasteiger partial charge < -0.3 is 5.32 Å². The molecule has 1 aromatic heterocycles. The number of thioether (sulfide) groups is 1. The van der Waals surface area contributed by atoms with Gasteiger partial charge in [-0.05, 0) is 55.8 Å². The zero-order valence-corrected chi connectivity index (χ0v) is 13.4. The SMILES string of the molecule is Cc1cccc(NC(=O)C(C)Sc2nnnn2C(C)C)c1. The highest BCUT2D eigenvalue weighted by atomic mass is 32.2. The number of tetrazole rings is 1. The molecule has 21 heavy (non-hydrogen) atoms. The van der Waals surface area contributed by atoms with Gasteiger partial charge in [0.1, 0.15) is 0 Å². The maximum atomic E-state index is 12.2. The Kier molecular flexibility index (Phi) is 4.95. The number of hydrogen-bond acceptors (Lipinski definition) is 5. The normalized spacial score (nSPS) is 12.4. The van der Waals surface area contributed by atoms with E-state index in [1.54, 1.807) is 4.68 Å². The summed E-state index contributed by atoms with van der Waals surface area (Å²) < 4.78 is 1.71. The molecule has 7 heteroatoms. The van der Waals surface area contributed by atoms with Gasteiger partial charge >= 0.3 is 0 Å². The fourth-order valence-corrected chi connectivity index (χ4v) is 2.69. The van der Waals surface area contributed by atoms with Crippen molar-refractivity contribution in [3.8, 4) is 0 Å². The molecule has 0 radical (unpaired) electrons. The smallest absolute Gasteiger partial charge is 0.237 e. The lowest BCUT2D eigenvalue weighted by Crippen LogP contribution is -2.23. The van der Waals surface area contributed by atoms with E-state index in [2.05, 4.69) is 20.8 Å². The minimum Gasteiger partial charge on any atom is -0.325 e. The molecule has 0 saturated carbocycles. The van der Waals surface area contributed by atoms with Crippen LogP contribution in [0.1, 0.15) is 32.4 Å². The molecule has 1 amide bonds. The second-order valence-electron chi connectivity index (χ2n) is 5.12. The van der Waals surface area contributed by atoms with Crippen molar-refractivity contribution in [2.45, 2.75) is 44.1 Å². The lowest BCUT2D eigenvalue weighted by molar-refractivity contribution is -0.115. The predicted octanol–water partition coefficient (Wildman–Crippen LogP) is 2.68. The van der Waals surface area contributed by atoms with Crippen LogP contribution in [0.5, 0.6) is 0 Å². The molecule has 1 atom stereocenters. The lowest BCUT2D eigenvalue weighted by Gasteiger charge is -2.13. The Morgan fingerprint density at radius 1 is 1.33 bits per heavy atom. The molecule has 1 unspecified atom stereocenters. The number of aromatic nitrogens is 4. The standard InChI is InChI=1S/C14H19N5OS/c1-9(2)19-14(16-17-18-19)21-11(4)13(20)15-12-7-5-6-10(3)8-12/h5-9,11H,1-4H3,(H,15,20). The molecule has 6 nitrogen and oxygen atoms in total. The monoisotopic (exact) mass is 305 g/mol. The van der Waals surface area contributed by atoms with Crippen molar-refractivity contribution >= 4 is 23.4 Å². The quantitative estimate of drug-likeness (QED) is 0.860. The third-order valence-corrected chi connectivity index (χ3v) is 3.94. The molecular weight excluding hydrogens is 286 g/mol. The second kappa shape index (κ2) is 6.71. The molecule has 1 N–H and O–H groups in total. The number of nitrogens with one attached hydrogen (secondary N) is 1. The van der Waals surface area contributed by atoms with E-state index >= 15 is 0 Å². The first-order valence-corrected chi connectivity index (χ1v) is 7.67. The van der Waals surface area contributed by atoms with Gasteiger partial charge in [0.25, 0.3) is 0 Å². The predicted molar refractivity (Wildman–Crippen MR) is 83.3 cm³/mol. The van der Waals surface area contributed by atoms with Crippen LogP contribution in [-0.4, -0.2) is 31.4 Å². The first-order valence-electron chi connectivity index (χ1n) is 6.79. The van der Waals surface area contributed by atoms with Gasteiger partial charge in [-0.25, -0.2) is 4.68 Å². The van der Waals surface area contributed by atoms with E-state index in [1.165, 1.54) is 11.8 Å². The molecule has 2 aromatic rings. The molecule has 112 valence electrons. The molecule has 0 fully saturated rings. The van der Waals surface area contributed by atoms with Crippen molar-refractivity contribution in [2.24, 2.45) is 0 Å². The summed E-state index contributed by atoms with van der Waals surface area (Å²) in [5, 5.41) is 14.8. The van der Waals surface area contributed by atoms with Crippen molar-refractivity contribution in [1.82, 2.24) is 20.2 Å². The first kappa shape index (κ1) is 15.5. The number of anilines is 1. The van der Waals surface area contributed by atoms with E-state index in [0.29, 0.717) is 5.16 Å². The molecule has 0 bridgehead atoms. The summed E-state index contributed by atoms with van der Waals surface area (Å²) in [6, 6.07) is 7.88. The van der Waals surface area contributed by atoms with Crippen molar-refractivity contribution in [1.29, 1.82) is 0 Å². The maximum Gasteiger partial charge on any atom is 0.237 e. The number of aryl methyl sites for hydroxylation is 1. The van der Waals surface area contributed by atoms with E-state index < -0.39 is 0 Å². The van der Waals surface area contributed by atoms with Crippen molar-refractivity contribution in [2.75, 3.05) is 5.32 Å². The summed E-state index contributed by atoms with van der Waals surface area (Å²) in [4.78, 5) is 12.2. The van der Waals surface area contributed by atoms with Crippen LogP contribution in [-0.2, 0) is 4.79 Å². The summed E-state index contributed by atoms with van der Waals surface area (Å²) in [7, 11) is 0. The van der Waals surface area contributed by atoms with Crippen molar-refractivity contribution in [3.63, 3.8) is 0 Å². The molecular formula is C14H19N5OS. The first-order chi connectivity index (χ1) is 9.97. The van der Waals surface area contributed by atoms with Gasteiger partial charge in [-0.1, -0.05) is 23.9 Å². The largest absolute Gasteiger partial charge is 0.325 e. The van der Waals surface area contributed by atoms with Crippen LogP contribution in [0.25, 0.3) is 0 Å². The minimum atomic E-state index is -0.283. The topological polar surface area (TPSA) is 72.7 Å². The number of carbonyl (C=O) groups is 1. The van der Waals surface area contributed by atoms with E-state index in [-0.39, 0.29) is 17.2 Å². The van der Waals surface area contributed by atoms with Crippen LogP contribution < -0.4 is 5.32 Å². The summed E-state index contributed by atoms with van der Waals surface area (Å²) in [5.41, 5.74) is 1.91. The lowest BCUT2D eigenvalue weighted by atomic mass is 10.2. The fraction of sp³-hybridized carbons (Fsp3) is 0.429. The molecule has 1 aromatic carbocycles. The van der Waals surface area contributed by atoms with E-state index in [4.69, 9.17) is 0 Å². The Hall–Kier alpha value is -1.89. The van der Waals surface area contributed by atoms with E-state index in [1.807, 2.05) is 52.0 Å². The Morgan fingerprint density at radius 2 is 2.10 bits per heavy atom. The number of hydrogen-bond donors (Lipinski definition) is 1. The van der Waals surface area contributed by atoms with Gasteiger partial charge in [0, 0.05) is 5.69 Å². The Bertz CT molecular complexity index is 625. The Balaban J connectivity index is 2.01. The third-order valence-electron chi connectivity index (χ3n) is 2.89. The zero-order chi connectivity index (χ0) is 15.4. The Labute approximate surface area is 128 Å². The highest BCUT2D eigenvalue weighted by Crippen LogP contribution is 2.23. The van der Waals surface area contributed by atoms with Crippen LogP contribution in [0, 0.1) is 6.92 Å². The van der Waals surface area contributed by atoms with Gasteiger partial charge in [0.15, 0.2) is 0 Å². The summed E-state index contributed by atoms with van der Waals surface area (Å²) in [6.45, 7) is 7.83. The van der Waals surface area contributed by atoms with Gasteiger partial charge in [-0.2, -0.15) is 0 Å². The van der Waals surface area contributed by atoms with E-state index in [0.717, 1.165) is 11.3 Å². The second-order valence-corrected chi connectivity index (χ2v) is 6.43. The van der Waals surface area contributed by atoms with Gasteiger partial charge in [0.05, 0.1) is 11.3 Å². The highest BCUT2D eigenvalue weighted by molar-refractivity contribution is 8.00. The third kappa shape index (κ3) is 4.04. The van der Waals surface area contributed by atoms with Gasteiger partial charge in [0.2, 0.25) is 11.1 Å². The van der Waals surface area contributed by atoms with Gasteiger partial charge in [-0.15, -0.1) is 5.10 Å². The van der Waals surface area contributed by atoms with E-state index in [9.17, 15) is 4.79 Å². The van der Waals surface area contributed by atoms with Crippen LogP contribution >= 0.6 is 11.8 Å². The average molecular weight is 305 g/mol. The van der Waals surface area contributed by atoms with Crippen LogP contribution in [0.2, 0.25) is 0 Å². The van der Waals surface area contributed by atoms with Crippen LogP contribution in [0.3, 0.4) is 0 Å². The fourth-order valence-electron chi connectivity index (χ4n) is 1.77. The minimum absolute atomic E-state index is 0.0658. The molecule has 0 spiro atoms. The van der Waals surface area contributed by atoms with Crippen molar-refractivity contribution < 1.29 is 4.79 Å². The summed E-state index contributed by atoms with van der Waals surface area (Å²) in [6.07, 6.45) is 0. The summed E-state index contributed by atoms with van der Waals surface area (Å²) >= 11 is 1.35. The molecule has 0 saturated heterocycles. The van der Waals surface area contributed by atoms with Gasteiger partial charge in [-0.3, -0.25) is 4.79 Å². The van der Waals surface area contributed by atoms with Crippen LogP contribution in [0.15, 0.2) is 29.4 Å². The number of amides is 1. The molecule has 0 aliphatic heterocycles. The molecule has 1 heterocycles.